The lowest BCUT2D eigenvalue weighted by Gasteiger charge is -2.12. The summed E-state index contributed by atoms with van der Waals surface area (Å²) in [5.41, 5.74) is 4.04. The lowest BCUT2D eigenvalue weighted by Crippen LogP contribution is -2.30. The molecule has 0 atom stereocenters. The van der Waals surface area contributed by atoms with E-state index < -0.39 is 18.6 Å². The fraction of sp³-hybridized carbons (Fsp3) is 0.143. The maximum atomic E-state index is 13.3. The number of carbonyl (C=O) groups is 4. The molecule has 180 valence electrons. The molecule has 0 radical (unpaired) electrons. The van der Waals surface area contributed by atoms with Gasteiger partial charge < -0.3 is 14.6 Å². The van der Waals surface area contributed by atoms with Crippen LogP contribution in [0.25, 0.3) is 22.2 Å². The van der Waals surface area contributed by atoms with E-state index in [1.807, 2.05) is 66.2 Å². The van der Waals surface area contributed by atoms with Gasteiger partial charge in [-0.1, -0.05) is 60.7 Å². The van der Waals surface area contributed by atoms with Crippen molar-refractivity contribution in [3.05, 3.63) is 95.6 Å². The maximum Gasteiger partial charge on any atom is 0.338 e. The zero-order valence-electron chi connectivity index (χ0n) is 19.6. The number of ether oxygens (including phenoxy) is 1. The minimum Gasteiger partial charge on any atom is -0.454 e. The summed E-state index contributed by atoms with van der Waals surface area (Å²) in [6.45, 7) is -0.307. The van der Waals surface area contributed by atoms with Gasteiger partial charge in [0.2, 0.25) is 11.7 Å². The fourth-order valence-corrected chi connectivity index (χ4v) is 4.44. The van der Waals surface area contributed by atoms with E-state index in [0.717, 1.165) is 27.1 Å². The van der Waals surface area contributed by atoms with Crippen LogP contribution in [0.4, 0.5) is 4.79 Å². The Morgan fingerprint density at radius 3 is 2.31 bits per heavy atom. The minimum atomic E-state index is -0.633. The predicted octanol–water partition coefficient (Wildman–Crippen LogP) is 3.94. The molecule has 1 aliphatic heterocycles. The summed E-state index contributed by atoms with van der Waals surface area (Å²) in [4.78, 5) is 50.6. The summed E-state index contributed by atoms with van der Waals surface area (Å²) in [5.74, 6) is -1.23. The molecule has 3 amide bonds. The lowest BCUT2D eigenvalue weighted by atomic mass is 10.0. The first-order valence-corrected chi connectivity index (χ1v) is 11.4. The molecule has 1 aromatic heterocycles. The molecule has 5 rings (SSSR count). The first-order chi connectivity index (χ1) is 17.4. The highest BCUT2D eigenvalue weighted by Crippen LogP contribution is 2.33. The molecule has 8 nitrogen and oxygen atoms in total. The lowest BCUT2D eigenvalue weighted by molar-refractivity contribution is -0.125. The summed E-state index contributed by atoms with van der Waals surface area (Å²) in [6, 6.07) is 23.2. The molecule has 1 N–H and O–H groups in total. The van der Waals surface area contributed by atoms with Gasteiger partial charge in [0.15, 0.2) is 6.61 Å². The standard InChI is InChI=1S/C28H23N3O5/c1-30-22-10-6-5-9-21(22)25(26(30)19-7-3-2-4-8-19)23(32)17-36-27(34)20-13-11-18(12-14-20)16-31-24(33)15-29-28(31)35/h2-14H,15-17H2,1H3,(H,29,35). The largest absolute Gasteiger partial charge is 0.454 e. The molecular weight excluding hydrogens is 458 g/mol. The van der Waals surface area contributed by atoms with Gasteiger partial charge in [0.1, 0.15) is 0 Å². The first kappa shape index (κ1) is 23.0. The molecular formula is C28H23N3O5. The van der Waals surface area contributed by atoms with E-state index in [9.17, 15) is 19.2 Å². The van der Waals surface area contributed by atoms with E-state index in [2.05, 4.69) is 5.32 Å². The van der Waals surface area contributed by atoms with Crippen LogP contribution in [0.3, 0.4) is 0 Å². The molecule has 3 aromatic carbocycles. The third-order valence-electron chi connectivity index (χ3n) is 6.23. The van der Waals surface area contributed by atoms with Gasteiger partial charge in [-0.05, 0) is 29.3 Å². The number of hydrogen-bond acceptors (Lipinski definition) is 5. The van der Waals surface area contributed by atoms with E-state index >= 15 is 0 Å². The number of amides is 3. The van der Waals surface area contributed by atoms with Gasteiger partial charge in [-0.25, -0.2) is 9.59 Å². The summed E-state index contributed by atoms with van der Waals surface area (Å²) in [5, 5.41) is 3.26. The number of Topliss-reactive ketones (excluding diaryl/α,β-unsaturated/α-hetero) is 1. The van der Waals surface area contributed by atoms with Crippen LogP contribution >= 0.6 is 0 Å². The molecule has 1 saturated heterocycles. The zero-order valence-corrected chi connectivity index (χ0v) is 19.6. The van der Waals surface area contributed by atoms with Gasteiger partial charge in [-0.3, -0.25) is 14.5 Å². The first-order valence-electron chi connectivity index (χ1n) is 11.4. The van der Waals surface area contributed by atoms with Crippen LogP contribution in [0.5, 0.6) is 0 Å². The van der Waals surface area contributed by atoms with Crippen molar-refractivity contribution in [3.63, 3.8) is 0 Å². The number of nitrogens with zero attached hydrogens (tertiary/aromatic N) is 2. The van der Waals surface area contributed by atoms with Crippen molar-refractivity contribution < 1.29 is 23.9 Å². The number of aryl methyl sites for hydroxylation is 1. The molecule has 4 aromatic rings. The number of aromatic nitrogens is 1. The Balaban J connectivity index is 1.33. The van der Waals surface area contributed by atoms with Crippen molar-refractivity contribution in [1.82, 2.24) is 14.8 Å². The van der Waals surface area contributed by atoms with Gasteiger partial charge in [-0.2, -0.15) is 0 Å². The third-order valence-corrected chi connectivity index (χ3v) is 6.23. The molecule has 0 saturated carbocycles. The Bertz CT molecular complexity index is 1470. The minimum absolute atomic E-state index is 0.0139. The summed E-state index contributed by atoms with van der Waals surface area (Å²) in [7, 11) is 1.91. The van der Waals surface area contributed by atoms with Gasteiger partial charge >= 0.3 is 12.0 Å². The average Bonchev–Trinajstić information content (AvgIpc) is 3.39. The number of benzene rings is 3. The van der Waals surface area contributed by atoms with Gasteiger partial charge in [0.05, 0.1) is 29.9 Å². The molecule has 0 aliphatic carbocycles. The number of esters is 1. The van der Waals surface area contributed by atoms with Crippen LogP contribution in [0, 0.1) is 0 Å². The molecule has 2 heterocycles. The Morgan fingerprint density at radius 1 is 0.917 bits per heavy atom. The van der Waals surface area contributed by atoms with Crippen LogP contribution < -0.4 is 5.32 Å². The van der Waals surface area contributed by atoms with E-state index in [4.69, 9.17) is 4.74 Å². The van der Waals surface area contributed by atoms with Gasteiger partial charge in [0, 0.05) is 18.0 Å². The summed E-state index contributed by atoms with van der Waals surface area (Å²) in [6.07, 6.45) is 0. The number of ketones is 1. The highest BCUT2D eigenvalue weighted by molar-refractivity contribution is 6.14. The number of rotatable bonds is 7. The van der Waals surface area contributed by atoms with Gasteiger partial charge in [0.25, 0.3) is 0 Å². The Kier molecular flexibility index (Phi) is 6.08. The number of urea groups is 1. The third kappa shape index (κ3) is 4.24. The molecule has 1 aliphatic rings. The number of carbonyl (C=O) groups excluding carboxylic acids is 4. The SMILES string of the molecule is Cn1c(-c2ccccc2)c(C(=O)COC(=O)c2ccc(CN3C(=O)CNC3=O)cc2)c2ccccc21. The second-order valence-corrected chi connectivity index (χ2v) is 8.50. The molecule has 1 fully saturated rings. The molecule has 8 heteroatoms. The second kappa shape index (κ2) is 9.50. The Hall–Kier alpha value is -4.72. The maximum absolute atomic E-state index is 13.3. The summed E-state index contributed by atoms with van der Waals surface area (Å²) < 4.78 is 7.35. The number of nitrogens with one attached hydrogen (secondary N) is 1. The fourth-order valence-electron chi connectivity index (χ4n) is 4.44. The average molecular weight is 482 g/mol. The van der Waals surface area contributed by atoms with Crippen molar-refractivity contribution in [2.45, 2.75) is 6.54 Å². The monoisotopic (exact) mass is 481 g/mol. The van der Waals surface area contributed by atoms with Gasteiger partial charge in [-0.15, -0.1) is 0 Å². The highest BCUT2D eigenvalue weighted by Gasteiger charge is 2.28. The Morgan fingerprint density at radius 2 is 1.61 bits per heavy atom. The quantitative estimate of drug-likeness (QED) is 0.245. The number of para-hydroxylation sites is 1. The van der Waals surface area contributed by atoms with E-state index in [1.165, 1.54) is 0 Å². The normalized spacial score (nSPS) is 13.2. The predicted molar refractivity (Wildman–Crippen MR) is 133 cm³/mol. The zero-order chi connectivity index (χ0) is 25.2. The summed E-state index contributed by atoms with van der Waals surface area (Å²) >= 11 is 0. The van der Waals surface area contributed by atoms with Crippen LogP contribution in [0.2, 0.25) is 0 Å². The topological polar surface area (TPSA) is 97.7 Å². The van der Waals surface area contributed by atoms with Crippen LogP contribution in [0.1, 0.15) is 26.3 Å². The van der Waals surface area contributed by atoms with Crippen molar-refractivity contribution in [2.75, 3.05) is 13.2 Å². The van der Waals surface area contributed by atoms with E-state index in [1.54, 1.807) is 24.3 Å². The van der Waals surface area contributed by atoms with E-state index in [0.29, 0.717) is 11.1 Å². The smallest absolute Gasteiger partial charge is 0.338 e. The van der Waals surface area contributed by atoms with Crippen LogP contribution in [-0.4, -0.2) is 46.3 Å². The molecule has 0 unspecified atom stereocenters. The molecule has 0 spiro atoms. The number of hydrogen-bond donors (Lipinski definition) is 1. The Labute approximate surface area is 207 Å². The van der Waals surface area contributed by atoms with Crippen molar-refractivity contribution in [1.29, 1.82) is 0 Å². The number of imide groups is 1. The van der Waals surface area contributed by atoms with Crippen LogP contribution in [-0.2, 0) is 23.1 Å². The molecule has 36 heavy (non-hydrogen) atoms. The second-order valence-electron chi connectivity index (χ2n) is 8.50. The number of fused-ring (bicyclic) bond motifs is 1. The van der Waals surface area contributed by atoms with Crippen LogP contribution in [0.15, 0.2) is 78.9 Å². The van der Waals surface area contributed by atoms with Crippen molar-refractivity contribution >= 4 is 34.6 Å². The van der Waals surface area contributed by atoms with Crippen molar-refractivity contribution in [3.8, 4) is 11.3 Å². The van der Waals surface area contributed by atoms with E-state index in [-0.39, 0.29) is 30.3 Å². The van der Waals surface area contributed by atoms with Crippen molar-refractivity contribution in [2.24, 2.45) is 7.05 Å². The highest BCUT2D eigenvalue weighted by atomic mass is 16.5. The molecule has 0 bridgehead atoms.